The van der Waals surface area contributed by atoms with Gasteiger partial charge in [-0.25, -0.2) is 4.99 Å². The lowest BCUT2D eigenvalue weighted by atomic mass is 10.1. The Labute approximate surface area is 198 Å². The summed E-state index contributed by atoms with van der Waals surface area (Å²) in [6.07, 6.45) is 1.84. The monoisotopic (exact) mass is 458 g/mol. The van der Waals surface area contributed by atoms with Crippen molar-refractivity contribution in [1.82, 2.24) is 5.32 Å². The van der Waals surface area contributed by atoms with Crippen LogP contribution in [0.4, 0.5) is 5.69 Å². The molecule has 0 aliphatic carbocycles. The quantitative estimate of drug-likeness (QED) is 0.430. The highest BCUT2D eigenvalue weighted by Gasteiger charge is 2.24. The molecule has 6 heteroatoms. The average molecular weight is 459 g/mol. The van der Waals surface area contributed by atoms with E-state index in [2.05, 4.69) is 29.4 Å². The van der Waals surface area contributed by atoms with Crippen LogP contribution < -0.4 is 14.8 Å². The van der Waals surface area contributed by atoms with Crippen molar-refractivity contribution in [2.45, 2.75) is 27.4 Å². The highest BCUT2D eigenvalue weighted by molar-refractivity contribution is 8.18. The fourth-order valence-corrected chi connectivity index (χ4v) is 4.18. The van der Waals surface area contributed by atoms with Gasteiger partial charge in [0.15, 0.2) is 16.7 Å². The molecule has 0 spiro atoms. The standard InChI is InChI=1S/C27H26N2O3S/c1-4-31-24-15-20(10-13-23(24)32-17-21-7-5-6-19(3)14-21)16-25-26(30)29-27(33-25)28-22-11-8-18(2)9-12-22/h5-16H,4,17H2,1-3H3,(H,28,29,30)/b25-16+. The molecule has 1 fully saturated rings. The van der Waals surface area contributed by atoms with Gasteiger partial charge in [-0.3, -0.25) is 4.79 Å². The molecule has 1 N–H and O–H groups in total. The lowest BCUT2D eigenvalue weighted by Gasteiger charge is -2.13. The number of hydrogen-bond acceptors (Lipinski definition) is 5. The van der Waals surface area contributed by atoms with Crippen LogP contribution in [-0.4, -0.2) is 17.7 Å². The molecule has 0 saturated carbocycles. The van der Waals surface area contributed by atoms with Gasteiger partial charge in [0.2, 0.25) is 0 Å². The summed E-state index contributed by atoms with van der Waals surface area (Å²) in [5.41, 5.74) is 5.12. The van der Waals surface area contributed by atoms with Gasteiger partial charge in [-0.15, -0.1) is 0 Å². The minimum atomic E-state index is -0.163. The molecule has 0 bridgehead atoms. The Morgan fingerprint density at radius 2 is 1.76 bits per heavy atom. The number of aryl methyl sites for hydroxylation is 2. The van der Waals surface area contributed by atoms with Crippen molar-refractivity contribution < 1.29 is 14.3 Å². The third kappa shape index (κ3) is 6.05. The molecule has 1 heterocycles. The van der Waals surface area contributed by atoms with E-state index in [1.807, 2.05) is 74.5 Å². The average Bonchev–Trinajstić information content (AvgIpc) is 3.13. The van der Waals surface area contributed by atoms with Crippen LogP contribution in [0.3, 0.4) is 0 Å². The number of hydrogen-bond donors (Lipinski definition) is 1. The summed E-state index contributed by atoms with van der Waals surface area (Å²) in [6.45, 7) is 7.00. The van der Waals surface area contributed by atoms with Crippen molar-refractivity contribution >= 4 is 34.6 Å². The second-order valence-corrected chi connectivity index (χ2v) is 8.76. The van der Waals surface area contributed by atoms with Gasteiger partial charge in [0.05, 0.1) is 17.2 Å². The van der Waals surface area contributed by atoms with E-state index in [9.17, 15) is 4.79 Å². The van der Waals surface area contributed by atoms with Gasteiger partial charge in [0.25, 0.3) is 5.91 Å². The van der Waals surface area contributed by atoms with Crippen molar-refractivity contribution in [2.24, 2.45) is 4.99 Å². The smallest absolute Gasteiger partial charge is 0.264 e. The van der Waals surface area contributed by atoms with Crippen LogP contribution in [0.1, 0.15) is 29.2 Å². The van der Waals surface area contributed by atoms with Gasteiger partial charge in [-0.05, 0) is 74.0 Å². The van der Waals surface area contributed by atoms with Crippen LogP contribution in [0.2, 0.25) is 0 Å². The number of nitrogens with one attached hydrogen (secondary N) is 1. The van der Waals surface area contributed by atoms with E-state index in [1.54, 1.807) is 0 Å². The van der Waals surface area contributed by atoms with E-state index in [4.69, 9.17) is 9.47 Å². The Kier molecular flexibility index (Phi) is 7.15. The predicted molar refractivity (Wildman–Crippen MR) is 135 cm³/mol. The van der Waals surface area contributed by atoms with Gasteiger partial charge in [0.1, 0.15) is 6.61 Å². The lowest BCUT2D eigenvalue weighted by molar-refractivity contribution is -0.115. The first-order valence-electron chi connectivity index (χ1n) is 10.8. The number of nitrogens with zero attached hydrogens (tertiary/aromatic N) is 1. The van der Waals surface area contributed by atoms with Crippen LogP contribution in [0.15, 0.2) is 76.6 Å². The number of amides is 1. The summed E-state index contributed by atoms with van der Waals surface area (Å²) in [5, 5.41) is 3.40. The molecule has 3 aromatic carbocycles. The summed E-state index contributed by atoms with van der Waals surface area (Å²) in [7, 11) is 0. The Morgan fingerprint density at radius 3 is 2.52 bits per heavy atom. The number of carbonyl (C=O) groups is 1. The second kappa shape index (κ2) is 10.4. The summed E-state index contributed by atoms with van der Waals surface area (Å²) in [6, 6.07) is 21.8. The Hall–Kier alpha value is -3.51. The minimum absolute atomic E-state index is 0.163. The lowest BCUT2D eigenvalue weighted by Crippen LogP contribution is -2.19. The maximum atomic E-state index is 12.5. The van der Waals surface area contributed by atoms with E-state index in [0.29, 0.717) is 34.8 Å². The van der Waals surface area contributed by atoms with Crippen LogP contribution in [0.5, 0.6) is 11.5 Å². The highest BCUT2D eigenvalue weighted by atomic mass is 32.2. The predicted octanol–water partition coefficient (Wildman–Crippen LogP) is 6.17. The molecule has 0 unspecified atom stereocenters. The van der Waals surface area contributed by atoms with Crippen LogP contribution in [-0.2, 0) is 11.4 Å². The van der Waals surface area contributed by atoms with Gasteiger partial charge in [0, 0.05) is 0 Å². The molecule has 1 saturated heterocycles. The molecule has 1 aliphatic rings. The summed E-state index contributed by atoms with van der Waals surface area (Å²) < 4.78 is 11.8. The normalized spacial score (nSPS) is 15.7. The molecule has 168 valence electrons. The number of ether oxygens (including phenoxy) is 2. The van der Waals surface area contributed by atoms with Gasteiger partial charge >= 0.3 is 0 Å². The van der Waals surface area contributed by atoms with Crippen molar-refractivity contribution in [1.29, 1.82) is 0 Å². The summed E-state index contributed by atoms with van der Waals surface area (Å²) >= 11 is 1.32. The molecule has 0 aromatic heterocycles. The van der Waals surface area contributed by atoms with E-state index in [-0.39, 0.29) is 5.91 Å². The molecule has 1 aliphatic heterocycles. The summed E-state index contributed by atoms with van der Waals surface area (Å²) in [4.78, 5) is 17.6. The van der Waals surface area contributed by atoms with Crippen molar-refractivity contribution in [3.8, 4) is 11.5 Å². The van der Waals surface area contributed by atoms with E-state index < -0.39 is 0 Å². The van der Waals surface area contributed by atoms with Crippen molar-refractivity contribution in [3.05, 3.63) is 93.9 Å². The van der Waals surface area contributed by atoms with Crippen LogP contribution in [0.25, 0.3) is 6.08 Å². The van der Waals surface area contributed by atoms with Crippen LogP contribution in [0, 0.1) is 13.8 Å². The maximum Gasteiger partial charge on any atom is 0.264 e. The zero-order valence-electron chi connectivity index (χ0n) is 18.9. The van der Waals surface area contributed by atoms with E-state index in [0.717, 1.165) is 16.8 Å². The zero-order chi connectivity index (χ0) is 23.2. The number of rotatable bonds is 7. The number of thioether (sulfide) groups is 1. The largest absolute Gasteiger partial charge is 0.490 e. The topological polar surface area (TPSA) is 59.9 Å². The second-order valence-electron chi connectivity index (χ2n) is 7.73. The minimum Gasteiger partial charge on any atom is -0.490 e. The molecule has 0 radical (unpaired) electrons. The molecular formula is C27H26N2O3S. The van der Waals surface area contributed by atoms with E-state index >= 15 is 0 Å². The molecule has 1 amide bonds. The fraction of sp³-hybridized carbons (Fsp3) is 0.185. The van der Waals surface area contributed by atoms with Gasteiger partial charge in [-0.2, -0.15) is 0 Å². The van der Waals surface area contributed by atoms with Gasteiger partial charge in [-0.1, -0.05) is 53.6 Å². The maximum absolute atomic E-state index is 12.5. The molecule has 5 nitrogen and oxygen atoms in total. The third-order valence-electron chi connectivity index (χ3n) is 4.96. The molecule has 3 aromatic rings. The number of aliphatic imine (C=N–C) groups is 1. The number of benzene rings is 3. The fourth-order valence-electron chi connectivity index (χ4n) is 3.33. The Bertz CT molecular complexity index is 1220. The molecular weight excluding hydrogens is 432 g/mol. The number of amidine groups is 1. The van der Waals surface area contributed by atoms with Gasteiger partial charge < -0.3 is 14.8 Å². The highest BCUT2D eigenvalue weighted by Crippen LogP contribution is 2.33. The molecule has 33 heavy (non-hydrogen) atoms. The molecule has 4 rings (SSSR count). The summed E-state index contributed by atoms with van der Waals surface area (Å²) in [5.74, 6) is 1.16. The Balaban J connectivity index is 1.50. The third-order valence-corrected chi connectivity index (χ3v) is 5.87. The van der Waals surface area contributed by atoms with Crippen LogP contribution >= 0.6 is 11.8 Å². The SMILES string of the molecule is CCOc1cc(/C=C2/SC(=Nc3ccc(C)cc3)NC2=O)ccc1OCc1cccc(C)c1. The number of carbonyl (C=O) groups excluding carboxylic acids is 1. The first-order chi connectivity index (χ1) is 16.0. The molecule has 0 atom stereocenters. The first-order valence-corrected chi connectivity index (χ1v) is 11.6. The van der Waals surface area contributed by atoms with E-state index in [1.165, 1.54) is 22.9 Å². The zero-order valence-corrected chi connectivity index (χ0v) is 19.7. The Morgan fingerprint density at radius 1 is 0.939 bits per heavy atom. The first kappa shape index (κ1) is 22.7. The van der Waals surface area contributed by atoms with Crippen molar-refractivity contribution in [3.63, 3.8) is 0 Å². The van der Waals surface area contributed by atoms with Crippen molar-refractivity contribution in [2.75, 3.05) is 6.61 Å².